The van der Waals surface area contributed by atoms with Gasteiger partial charge in [-0.3, -0.25) is 9.59 Å². The number of anilines is 1. The predicted molar refractivity (Wildman–Crippen MR) is 107 cm³/mol. The summed E-state index contributed by atoms with van der Waals surface area (Å²) in [6, 6.07) is 12.4. The van der Waals surface area contributed by atoms with Crippen molar-refractivity contribution in [3.63, 3.8) is 0 Å². The molecule has 3 atom stereocenters. The van der Waals surface area contributed by atoms with E-state index in [0.717, 1.165) is 16.7 Å². The molecule has 5 rings (SSSR count). The summed E-state index contributed by atoms with van der Waals surface area (Å²) in [6.45, 7) is 0. The second-order valence-electron chi connectivity index (χ2n) is 7.11. The van der Waals surface area contributed by atoms with Crippen LogP contribution in [0.4, 0.5) is 5.69 Å². The lowest BCUT2D eigenvalue weighted by Crippen LogP contribution is -2.39. The average Bonchev–Trinajstić information content (AvgIpc) is 2.97. The van der Waals surface area contributed by atoms with Crippen molar-refractivity contribution in [2.45, 2.75) is 11.2 Å². The highest BCUT2D eigenvalue weighted by atomic mass is 32.2. The van der Waals surface area contributed by atoms with Crippen LogP contribution < -0.4 is 15.4 Å². The Labute approximate surface area is 174 Å². The zero-order valence-corrected chi connectivity index (χ0v) is 16.1. The number of fused-ring (bicyclic) bond motifs is 5. The van der Waals surface area contributed by atoms with Crippen LogP contribution in [0, 0.1) is 5.92 Å². The molecule has 2 aromatic carbocycles. The topological polar surface area (TPSA) is 127 Å². The van der Waals surface area contributed by atoms with Gasteiger partial charge in [0.05, 0.1) is 27.8 Å². The van der Waals surface area contributed by atoms with Crippen LogP contribution in [0.15, 0.2) is 59.1 Å². The zero-order chi connectivity index (χ0) is 21.2. The number of carbonyl (C=O) groups is 4. The Hall–Kier alpha value is -3.59. The Balaban J connectivity index is 1.61. The van der Waals surface area contributed by atoms with Crippen LogP contribution in [0.2, 0.25) is 0 Å². The molecule has 0 unspecified atom stereocenters. The van der Waals surface area contributed by atoms with Gasteiger partial charge in [0.15, 0.2) is 0 Å². The molecule has 3 aliphatic rings. The number of carboxylic acid groups (broad SMARTS) is 1. The molecule has 30 heavy (non-hydrogen) atoms. The average molecular weight is 422 g/mol. The lowest BCUT2D eigenvalue weighted by atomic mass is 9.77. The summed E-state index contributed by atoms with van der Waals surface area (Å²) < 4.78 is 5.37. The lowest BCUT2D eigenvalue weighted by molar-refractivity contribution is -0.131. The fourth-order valence-corrected chi connectivity index (χ4v) is 5.45. The first kappa shape index (κ1) is 18.4. The molecule has 0 bridgehead atoms. The Morgan fingerprint density at radius 3 is 2.43 bits per heavy atom. The smallest absolute Gasteiger partial charge is 0.342 e. The molecule has 0 radical (unpaired) electrons. The summed E-state index contributed by atoms with van der Waals surface area (Å²) in [6.07, 6.45) is 0. The highest BCUT2D eigenvalue weighted by molar-refractivity contribution is 8.04. The van der Waals surface area contributed by atoms with E-state index in [0.29, 0.717) is 11.3 Å². The minimum Gasteiger partial charge on any atom is -0.478 e. The maximum Gasteiger partial charge on any atom is 0.342 e. The summed E-state index contributed by atoms with van der Waals surface area (Å²) >= 11 is 0.990. The van der Waals surface area contributed by atoms with Crippen molar-refractivity contribution in [2.24, 2.45) is 11.7 Å². The molecule has 0 aliphatic carbocycles. The molecule has 2 amide bonds. The van der Waals surface area contributed by atoms with Crippen molar-refractivity contribution in [1.29, 1.82) is 0 Å². The second-order valence-corrected chi connectivity index (χ2v) is 8.29. The minimum atomic E-state index is -1.11. The fraction of sp³-hybridized carbons (Fsp3) is 0.143. The zero-order valence-electron chi connectivity index (χ0n) is 15.3. The number of thioether (sulfide) groups is 1. The molecule has 2 aromatic rings. The van der Waals surface area contributed by atoms with Gasteiger partial charge in [0, 0.05) is 11.5 Å². The van der Waals surface area contributed by atoms with Gasteiger partial charge in [0.1, 0.15) is 11.0 Å². The summed E-state index contributed by atoms with van der Waals surface area (Å²) in [7, 11) is 0. The first-order valence-corrected chi connectivity index (χ1v) is 9.95. The quantitative estimate of drug-likeness (QED) is 0.427. The molecule has 3 aliphatic heterocycles. The van der Waals surface area contributed by atoms with Gasteiger partial charge in [-0.1, -0.05) is 30.0 Å². The van der Waals surface area contributed by atoms with Crippen LogP contribution >= 0.6 is 11.8 Å². The normalized spacial score (nSPS) is 24.9. The van der Waals surface area contributed by atoms with Crippen LogP contribution in [-0.2, 0) is 14.4 Å². The van der Waals surface area contributed by atoms with Crippen LogP contribution in [-0.4, -0.2) is 34.1 Å². The molecule has 3 heterocycles. The number of hydrogen-bond donors (Lipinski definition) is 2. The van der Waals surface area contributed by atoms with Gasteiger partial charge in [-0.25, -0.2) is 14.5 Å². The van der Waals surface area contributed by atoms with Crippen molar-refractivity contribution in [3.8, 4) is 5.75 Å². The van der Waals surface area contributed by atoms with Crippen molar-refractivity contribution < 1.29 is 29.0 Å². The third-order valence-electron chi connectivity index (χ3n) is 5.53. The molecular formula is C21H14N2O6S. The van der Waals surface area contributed by atoms with Crippen molar-refractivity contribution in [3.05, 3.63) is 70.3 Å². The van der Waals surface area contributed by atoms with E-state index in [1.165, 1.54) is 24.3 Å². The van der Waals surface area contributed by atoms with E-state index in [9.17, 15) is 19.2 Å². The molecule has 1 saturated heterocycles. The number of rotatable bonds is 2. The molecule has 0 spiro atoms. The molecule has 150 valence electrons. The number of amides is 2. The van der Waals surface area contributed by atoms with Crippen LogP contribution in [0.25, 0.3) is 0 Å². The third-order valence-corrected chi connectivity index (χ3v) is 6.76. The molecular weight excluding hydrogens is 408 g/mol. The SMILES string of the molecule is NC1=C2C(=O)Oc3ccccc3[C@@H]2[C@H]2C(=O)N(c3ccc(C(=O)O)cc3)C(=O)[C@H]2S1. The summed E-state index contributed by atoms with van der Waals surface area (Å²) in [5, 5.41) is 8.46. The van der Waals surface area contributed by atoms with E-state index >= 15 is 0 Å². The monoisotopic (exact) mass is 422 g/mol. The molecule has 9 heteroatoms. The van der Waals surface area contributed by atoms with Crippen LogP contribution in [0.3, 0.4) is 0 Å². The largest absolute Gasteiger partial charge is 0.478 e. The van der Waals surface area contributed by atoms with Crippen LogP contribution in [0.1, 0.15) is 21.8 Å². The van der Waals surface area contributed by atoms with Gasteiger partial charge >= 0.3 is 11.9 Å². The molecule has 0 aromatic heterocycles. The number of benzene rings is 2. The number of imide groups is 1. The first-order chi connectivity index (χ1) is 14.4. The summed E-state index contributed by atoms with van der Waals surface area (Å²) in [5.74, 6) is -3.79. The maximum atomic E-state index is 13.4. The fourth-order valence-electron chi connectivity index (χ4n) is 4.21. The standard InChI is InChI=1S/C21H14N2O6S/c22-17-15-13(11-3-1-2-4-12(11)29-21(15)28)14-16(30-17)19(25)23(18(14)24)10-7-5-9(6-8-10)20(26)27/h1-8,13-14,16H,22H2,(H,26,27)/t13-,14-,16+/m1/s1. The maximum absolute atomic E-state index is 13.4. The third kappa shape index (κ3) is 2.48. The summed E-state index contributed by atoms with van der Waals surface area (Å²) in [4.78, 5) is 51.3. The van der Waals surface area contributed by atoms with Gasteiger partial charge < -0.3 is 15.6 Å². The number of esters is 1. The Kier molecular flexibility index (Phi) is 3.97. The van der Waals surface area contributed by atoms with E-state index in [-0.39, 0.29) is 21.9 Å². The van der Waals surface area contributed by atoms with Gasteiger partial charge in [0.2, 0.25) is 11.8 Å². The summed E-state index contributed by atoms with van der Waals surface area (Å²) in [5.41, 5.74) is 7.28. The Bertz CT molecular complexity index is 1170. The second kappa shape index (κ2) is 6.46. The Morgan fingerprint density at radius 1 is 1.03 bits per heavy atom. The van der Waals surface area contributed by atoms with Crippen molar-refractivity contribution in [2.75, 3.05) is 4.90 Å². The number of ether oxygens (including phenoxy) is 1. The number of aromatic carboxylic acids is 1. The highest BCUT2D eigenvalue weighted by Gasteiger charge is 2.58. The van der Waals surface area contributed by atoms with E-state index in [1.807, 2.05) is 0 Å². The minimum absolute atomic E-state index is 0.0433. The molecule has 8 nitrogen and oxygen atoms in total. The van der Waals surface area contributed by atoms with Crippen molar-refractivity contribution >= 4 is 41.2 Å². The molecule has 1 fully saturated rings. The first-order valence-electron chi connectivity index (χ1n) is 9.07. The van der Waals surface area contributed by atoms with Crippen molar-refractivity contribution in [1.82, 2.24) is 0 Å². The van der Waals surface area contributed by atoms with Gasteiger partial charge in [-0.2, -0.15) is 0 Å². The number of carbonyl (C=O) groups excluding carboxylic acids is 3. The Morgan fingerprint density at radius 2 is 1.73 bits per heavy atom. The lowest BCUT2D eigenvalue weighted by Gasteiger charge is -2.36. The van der Waals surface area contributed by atoms with Crippen LogP contribution in [0.5, 0.6) is 5.75 Å². The molecule has 0 saturated carbocycles. The highest BCUT2D eigenvalue weighted by Crippen LogP contribution is 2.54. The molecule has 3 N–H and O–H groups in total. The van der Waals surface area contributed by atoms with E-state index in [1.54, 1.807) is 24.3 Å². The van der Waals surface area contributed by atoms with Gasteiger partial charge in [-0.05, 0) is 30.3 Å². The predicted octanol–water partition coefficient (Wildman–Crippen LogP) is 1.86. The number of carboxylic acids is 1. The number of nitrogens with two attached hydrogens (primary N) is 1. The van der Waals surface area contributed by atoms with Gasteiger partial charge in [0.25, 0.3) is 0 Å². The number of nitrogens with zero attached hydrogens (tertiary/aromatic N) is 1. The van der Waals surface area contributed by atoms with E-state index in [4.69, 9.17) is 15.6 Å². The number of para-hydroxylation sites is 1. The number of hydrogen-bond acceptors (Lipinski definition) is 7. The van der Waals surface area contributed by atoms with E-state index in [2.05, 4.69) is 0 Å². The van der Waals surface area contributed by atoms with E-state index < -0.39 is 40.8 Å². The van der Waals surface area contributed by atoms with Gasteiger partial charge in [-0.15, -0.1) is 0 Å².